The largest absolute Gasteiger partial charge is 0.320 e. The van der Waals surface area contributed by atoms with E-state index in [-0.39, 0.29) is 5.02 Å². The van der Waals surface area contributed by atoms with Gasteiger partial charge in [0.05, 0.1) is 22.5 Å². The Morgan fingerprint density at radius 3 is 2.55 bits per heavy atom. The van der Waals surface area contributed by atoms with Crippen molar-refractivity contribution in [3.05, 3.63) is 57.3 Å². The number of halogens is 4. The van der Waals surface area contributed by atoms with E-state index in [9.17, 15) is 13.6 Å². The average Bonchev–Trinajstić information content (AvgIpc) is 2.38. The summed E-state index contributed by atoms with van der Waals surface area (Å²) in [6.07, 6.45) is 1.32. The molecule has 2 aromatic rings. The van der Waals surface area contributed by atoms with Gasteiger partial charge in [-0.3, -0.25) is 4.79 Å². The third-order valence-electron chi connectivity index (χ3n) is 2.53. The minimum Gasteiger partial charge on any atom is -0.320 e. The first-order valence-corrected chi connectivity index (χ1v) is 6.22. The highest BCUT2D eigenvalue weighted by molar-refractivity contribution is 6.31. The average molecular weight is 317 g/mol. The van der Waals surface area contributed by atoms with Crippen LogP contribution in [0.3, 0.4) is 0 Å². The Bertz CT molecular complexity index is 692. The number of amides is 1. The zero-order chi connectivity index (χ0) is 14.9. The van der Waals surface area contributed by atoms with Gasteiger partial charge in [0.1, 0.15) is 16.8 Å². The van der Waals surface area contributed by atoms with Crippen LogP contribution in [0.4, 0.5) is 14.5 Å². The fourth-order valence-electron chi connectivity index (χ4n) is 1.52. The lowest BCUT2D eigenvalue weighted by molar-refractivity contribution is 0.102. The minimum absolute atomic E-state index is 0.298. The van der Waals surface area contributed by atoms with Gasteiger partial charge in [-0.1, -0.05) is 23.2 Å². The molecule has 0 aliphatic carbocycles. The number of benzene rings is 1. The Kier molecular flexibility index (Phi) is 4.20. The summed E-state index contributed by atoms with van der Waals surface area (Å²) in [6.45, 7) is 1.70. The van der Waals surface area contributed by atoms with E-state index in [4.69, 9.17) is 23.2 Å². The summed E-state index contributed by atoms with van der Waals surface area (Å²) in [5.41, 5.74) is 0.526. The molecule has 2 rings (SSSR count). The van der Waals surface area contributed by atoms with Crippen LogP contribution in [0.5, 0.6) is 0 Å². The zero-order valence-corrected chi connectivity index (χ0v) is 11.7. The van der Waals surface area contributed by atoms with Crippen molar-refractivity contribution in [3.8, 4) is 0 Å². The van der Waals surface area contributed by atoms with Crippen LogP contribution in [0.25, 0.3) is 0 Å². The molecule has 104 valence electrons. The Labute approximate surface area is 123 Å². The van der Waals surface area contributed by atoms with E-state index < -0.39 is 23.1 Å². The van der Waals surface area contributed by atoms with E-state index in [2.05, 4.69) is 10.3 Å². The lowest BCUT2D eigenvalue weighted by Gasteiger charge is -2.08. The highest BCUT2D eigenvalue weighted by Crippen LogP contribution is 2.21. The van der Waals surface area contributed by atoms with Crippen molar-refractivity contribution in [1.82, 2.24) is 4.98 Å². The van der Waals surface area contributed by atoms with Crippen LogP contribution >= 0.6 is 23.2 Å². The molecule has 0 aliphatic heterocycles. The quantitative estimate of drug-likeness (QED) is 0.665. The van der Waals surface area contributed by atoms with Crippen LogP contribution in [0, 0.1) is 18.6 Å². The molecule has 7 heteroatoms. The van der Waals surface area contributed by atoms with E-state index in [1.165, 1.54) is 6.20 Å². The number of carbonyl (C=O) groups excluding carboxylic acids is 1. The van der Waals surface area contributed by atoms with Gasteiger partial charge in [-0.2, -0.15) is 0 Å². The molecule has 0 spiro atoms. The molecular formula is C13H8Cl2F2N2O. The number of hydrogen-bond donors (Lipinski definition) is 1. The molecular weight excluding hydrogens is 309 g/mol. The molecule has 1 amide bonds. The van der Waals surface area contributed by atoms with Gasteiger partial charge in [0.15, 0.2) is 0 Å². The molecule has 0 fully saturated rings. The monoisotopic (exact) mass is 316 g/mol. The highest BCUT2D eigenvalue weighted by atomic mass is 35.5. The predicted molar refractivity (Wildman–Crippen MR) is 73.3 cm³/mol. The Hall–Kier alpha value is -1.72. The number of anilines is 1. The van der Waals surface area contributed by atoms with Crippen LogP contribution in [0.2, 0.25) is 10.2 Å². The summed E-state index contributed by atoms with van der Waals surface area (Å²) in [5, 5.41) is 2.32. The molecule has 20 heavy (non-hydrogen) atoms. The van der Waals surface area contributed by atoms with Crippen LogP contribution in [-0.2, 0) is 0 Å². The van der Waals surface area contributed by atoms with Gasteiger partial charge in [-0.05, 0) is 30.7 Å². The van der Waals surface area contributed by atoms with E-state index >= 15 is 0 Å². The summed E-state index contributed by atoms with van der Waals surface area (Å²) in [6, 6.07) is 3.05. The third-order valence-corrected chi connectivity index (χ3v) is 3.21. The second-order valence-electron chi connectivity index (χ2n) is 4.03. The lowest BCUT2D eigenvalue weighted by atomic mass is 10.2. The molecule has 1 aromatic carbocycles. The molecule has 1 heterocycles. The topological polar surface area (TPSA) is 42.0 Å². The maximum absolute atomic E-state index is 13.6. The Balaban J connectivity index is 2.28. The molecule has 1 N–H and O–H groups in total. The maximum Gasteiger partial charge on any atom is 0.258 e. The minimum atomic E-state index is -0.910. The summed E-state index contributed by atoms with van der Waals surface area (Å²) < 4.78 is 26.8. The summed E-state index contributed by atoms with van der Waals surface area (Å²) in [7, 11) is 0. The van der Waals surface area contributed by atoms with Crippen molar-refractivity contribution < 1.29 is 13.6 Å². The first-order valence-electron chi connectivity index (χ1n) is 5.46. The van der Waals surface area contributed by atoms with E-state index in [1.54, 1.807) is 13.0 Å². The smallest absolute Gasteiger partial charge is 0.258 e. The molecule has 0 aliphatic rings. The SMILES string of the molecule is Cc1cc(NC(=O)c2cc(F)c(Cl)cc2F)cnc1Cl. The van der Waals surface area contributed by atoms with Crippen LogP contribution in [0.15, 0.2) is 24.4 Å². The van der Waals surface area contributed by atoms with Crippen molar-refractivity contribution in [2.45, 2.75) is 6.92 Å². The van der Waals surface area contributed by atoms with Crippen LogP contribution < -0.4 is 5.32 Å². The van der Waals surface area contributed by atoms with Crippen molar-refractivity contribution >= 4 is 34.8 Å². The first kappa shape index (κ1) is 14.7. The van der Waals surface area contributed by atoms with Gasteiger partial charge < -0.3 is 5.32 Å². The van der Waals surface area contributed by atoms with E-state index in [0.29, 0.717) is 16.4 Å². The third kappa shape index (κ3) is 3.05. The normalized spacial score (nSPS) is 10.4. The number of aromatic nitrogens is 1. The molecule has 0 atom stereocenters. The highest BCUT2D eigenvalue weighted by Gasteiger charge is 2.16. The summed E-state index contributed by atoms with van der Waals surface area (Å²) in [4.78, 5) is 15.7. The van der Waals surface area contributed by atoms with Gasteiger partial charge in [0, 0.05) is 0 Å². The fourth-order valence-corrected chi connectivity index (χ4v) is 1.78. The predicted octanol–water partition coefficient (Wildman–Crippen LogP) is 4.23. The van der Waals surface area contributed by atoms with Crippen LogP contribution in [-0.4, -0.2) is 10.9 Å². The van der Waals surface area contributed by atoms with Crippen molar-refractivity contribution in [1.29, 1.82) is 0 Å². The molecule has 3 nitrogen and oxygen atoms in total. The Morgan fingerprint density at radius 2 is 1.90 bits per heavy atom. The number of rotatable bonds is 2. The molecule has 0 bridgehead atoms. The number of carbonyl (C=O) groups is 1. The zero-order valence-electron chi connectivity index (χ0n) is 10.2. The lowest BCUT2D eigenvalue weighted by Crippen LogP contribution is -2.14. The second-order valence-corrected chi connectivity index (χ2v) is 4.80. The van der Waals surface area contributed by atoms with Gasteiger partial charge in [-0.25, -0.2) is 13.8 Å². The van der Waals surface area contributed by atoms with Crippen LogP contribution in [0.1, 0.15) is 15.9 Å². The van der Waals surface area contributed by atoms with Crippen molar-refractivity contribution in [3.63, 3.8) is 0 Å². The van der Waals surface area contributed by atoms with Crippen molar-refractivity contribution in [2.75, 3.05) is 5.32 Å². The Morgan fingerprint density at radius 1 is 1.20 bits per heavy atom. The molecule has 0 saturated heterocycles. The van der Waals surface area contributed by atoms with E-state index in [0.717, 1.165) is 12.1 Å². The molecule has 0 radical (unpaired) electrons. The van der Waals surface area contributed by atoms with Gasteiger partial charge in [0.25, 0.3) is 5.91 Å². The number of aryl methyl sites for hydroxylation is 1. The number of pyridine rings is 1. The standard InChI is InChI=1S/C13H8Cl2F2N2O/c1-6-2-7(5-18-12(6)15)19-13(20)8-3-11(17)9(14)4-10(8)16/h2-5H,1H3,(H,19,20). The molecule has 1 aromatic heterocycles. The summed E-state index contributed by atoms with van der Waals surface area (Å²) in [5.74, 6) is -2.59. The van der Waals surface area contributed by atoms with Crippen molar-refractivity contribution in [2.24, 2.45) is 0 Å². The number of nitrogens with zero attached hydrogens (tertiary/aromatic N) is 1. The van der Waals surface area contributed by atoms with E-state index in [1.807, 2.05) is 0 Å². The first-order chi connectivity index (χ1) is 9.38. The number of nitrogens with one attached hydrogen (secondary N) is 1. The second kappa shape index (κ2) is 5.73. The van der Waals surface area contributed by atoms with Gasteiger partial charge in [-0.15, -0.1) is 0 Å². The summed E-state index contributed by atoms with van der Waals surface area (Å²) >= 11 is 11.2. The fraction of sp³-hybridized carbons (Fsp3) is 0.0769. The number of hydrogen-bond acceptors (Lipinski definition) is 2. The maximum atomic E-state index is 13.6. The van der Waals surface area contributed by atoms with Gasteiger partial charge in [0.2, 0.25) is 0 Å². The van der Waals surface area contributed by atoms with Gasteiger partial charge >= 0.3 is 0 Å². The molecule has 0 unspecified atom stereocenters. The molecule has 0 saturated carbocycles.